The third-order valence-corrected chi connectivity index (χ3v) is 26.6. The minimum Gasteiger partial charge on any atom is -0.508 e. The van der Waals surface area contributed by atoms with Crippen LogP contribution in [0.3, 0.4) is 0 Å². The number of aliphatic hydroxyl groups excluding tert-OH is 1. The molecular formula is C85H120N22O23S4. The zero-order valence-electron chi connectivity index (χ0n) is 74.7. The van der Waals surface area contributed by atoms with Crippen LogP contribution in [0.5, 0.6) is 5.75 Å². The van der Waals surface area contributed by atoms with Gasteiger partial charge in [-0.1, -0.05) is 118 Å². The monoisotopic (exact) mass is 1940 g/mol. The summed E-state index contributed by atoms with van der Waals surface area (Å²) < 4.78 is 0. The molecule has 732 valence electrons. The van der Waals surface area contributed by atoms with Gasteiger partial charge in [0.1, 0.15) is 102 Å². The van der Waals surface area contributed by atoms with Crippen molar-refractivity contribution >= 4 is 172 Å². The molecule has 0 aliphatic carbocycles. The predicted octanol–water partition coefficient (Wildman–Crippen LogP) is -5.61. The van der Waals surface area contributed by atoms with Crippen molar-refractivity contribution in [3.63, 3.8) is 0 Å². The molecule has 4 aromatic rings. The number of phenols is 1. The Morgan fingerprint density at radius 2 is 1.01 bits per heavy atom. The Bertz CT molecular complexity index is 4870. The molecule has 0 saturated carbocycles. The van der Waals surface area contributed by atoms with Gasteiger partial charge in [-0.2, -0.15) is 0 Å². The number of benzene rings is 3. The van der Waals surface area contributed by atoms with Gasteiger partial charge in [0.25, 0.3) is 0 Å². The van der Waals surface area contributed by atoms with Crippen molar-refractivity contribution in [2.75, 3.05) is 36.1 Å². The summed E-state index contributed by atoms with van der Waals surface area (Å²) in [5.41, 5.74) is 31.1. The lowest BCUT2D eigenvalue weighted by atomic mass is 10.0. The van der Waals surface area contributed by atoms with E-state index in [0.29, 0.717) is 38.4 Å². The van der Waals surface area contributed by atoms with Gasteiger partial charge in [-0.25, -0.2) is 0 Å². The smallest absolute Gasteiger partial charge is 0.303 e. The zero-order chi connectivity index (χ0) is 98.7. The molecule has 1 aromatic heterocycles. The van der Waals surface area contributed by atoms with Crippen LogP contribution in [0.4, 0.5) is 0 Å². The van der Waals surface area contributed by atoms with Crippen LogP contribution >= 0.6 is 43.2 Å². The minimum atomic E-state index is -1.96. The summed E-state index contributed by atoms with van der Waals surface area (Å²) in [6.07, 6.45) is -4.58. The molecular weight excluding hydrogens is 1830 g/mol. The van der Waals surface area contributed by atoms with E-state index in [1.807, 2.05) is 0 Å². The highest BCUT2D eigenvalue weighted by Gasteiger charge is 2.43. The van der Waals surface area contributed by atoms with Crippen LogP contribution in [0.15, 0.2) is 85.1 Å². The summed E-state index contributed by atoms with van der Waals surface area (Å²) in [7, 11) is 3.08. The van der Waals surface area contributed by atoms with E-state index >= 15 is 28.8 Å². The standard InChI is InChI=1S/C85H120N22O23S4/c1-41(2)31-56(69(90)114)98-74(119)54(25-27-65(88)110)96-82(127)63-40-134-133-39-62-81(126)95-53(19-12-13-29-86)73(118)94-44(5)85(130)107-30-14-20-64(107)83(128)97-55(26-28-67(112)113)75(120)106-68(45(6)108)84(129)93-43(4)71(116)99-57(32-46-15-8-7-9-16-46)77(122)103-61(38-132-131-37-51(87)72(117)101-60(35-66(89)111)79(124)105-62)80(125)92-42(3)70(115)100-58(33-47-21-23-49(109)24-22-47)76(121)102-59(78(123)104-63)34-48-36-91-52-18-11-10-17-50(48)52/h7-11,15-18,21-24,36,41-45,51,53-64,68,91,108-109H,12-14,19-20,25-35,37-40,86-87H2,1-6H3,(H2,88,110)(H2,89,111)(H2,90,114)(H,92,125)(H,93,129)(H,94,118)(H,95,126)(H,96,127)(H,97,128)(H,98,119)(H,99,116)(H,100,115)(H,101,117)(H,102,121)(H,103,122)(H,104,123)(H,105,124)(H,106,120)(H,112,113)/t42-,43-,44-,45+,51-,53-,54-,55-,56-,57-,58-,59-,60-,61-,62-,63-,64-,68-/m0/s1. The molecule has 29 N–H and O–H groups in total. The van der Waals surface area contributed by atoms with Crippen LogP contribution in [0.1, 0.15) is 129 Å². The van der Waals surface area contributed by atoms with E-state index in [9.17, 15) is 82.4 Å². The number of phenolic OH excluding ortho intramolecular Hbond substituents is 1. The Balaban J connectivity index is 1.42. The second-order valence-electron chi connectivity index (χ2n) is 33.1. The number of nitrogens with one attached hydrogen (secondary N) is 16. The highest BCUT2D eigenvalue weighted by molar-refractivity contribution is 8.77. The van der Waals surface area contributed by atoms with Gasteiger partial charge < -0.3 is 134 Å². The van der Waals surface area contributed by atoms with Gasteiger partial charge in [0.2, 0.25) is 112 Å². The Kier molecular flexibility index (Phi) is 43.4. The normalized spacial score (nSPS) is 25.4. The Hall–Kier alpha value is -12.3. The fourth-order valence-corrected chi connectivity index (χ4v) is 18.9. The molecule has 49 heteroatoms. The maximum absolute atomic E-state index is 15.7. The van der Waals surface area contributed by atoms with Crippen LogP contribution in [0, 0.1) is 5.92 Å². The van der Waals surface area contributed by atoms with Gasteiger partial charge in [0.15, 0.2) is 0 Å². The molecule has 3 aliphatic heterocycles. The van der Waals surface area contributed by atoms with E-state index in [-0.39, 0.29) is 69.7 Å². The first-order valence-electron chi connectivity index (χ1n) is 43.4. The van der Waals surface area contributed by atoms with Crippen LogP contribution in [-0.4, -0.2) is 288 Å². The summed E-state index contributed by atoms with van der Waals surface area (Å²) in [6, 6.07) is -8.76. The average molecular weight is 1950 g/mol. The Labute approximate surface area is 787 Å². The maximum atomic E-state index is 15.7. The van der Waals surface area contributed by atoms with Gasteiger partial charge in [-0.3, -0.25) is 95.9 Å². The fourth-order valence-electron chi connectivity index (χ4n) is 14.3. The Morgan fingerprint density at radius 1 is 0.500 bits per heavy atom. The number of carboxylic acid groups (broad SMARTS) is 1. The van der Waals surface area contributed by atoms with Crippen LogP contribution < -0.4 is 108 Å². The van der Waals surface area contributed by atoms with Crippen molar-refractivity contribution in [1.82, 2.24) is 89.6 Å². The van der Waals surface area contributed by atoms with Crippen molar-refractivity contribution in [1.29, 1.82) is 0 Å². The number of aromatic nitrogens is 1. The number of nitrogens with two attached hydrogens (primary N) is 5. The largest absolute Gasteiger partial charge is 0.508 e. The second-order valence-corrected chi connectivity index (χ2v) is 38.2. The summed E-state index contributed by atoms with van der Waals surface area (Å²) in [4.78, 5) is 292. The molecule has 0 unspecified atom stereocenters. The first-order valence-corrected chi connectivity index (χ1v) is 48.4. The van der Waals surface area contributed by atoms with Crippen molar-refractivity contribution in [2.45, 2.75) is 240 Å². The van der Waals surface area contributed by atoms with E-state index in [0.717, 1.165) is 44.2 Å². The topological polar surface area (TPSA) is 732 Å². The second kappa shape index (κ2) is 53.5. The highest BCUT2D eigenvalue weighted by atomic mass is 33.1. The lowest BCUT2D eigenvalue weighted by molar-refractivity contribution is -0.142. The summed E-state index contributed by atoms with van der Waals surface area (Å²) in [5, 5.41) is 69.7. The number of carbonyl (C=O) groups is 20. The third-order valence-electron chi connectivity index (χ3n) is 21.7. The molecule has 45 nitrogen and oxygen atoms in total. The number of hydrogen-bond acceptors (Lipinski definition) is 28. The van der Waals surface area contributed by atoms with Crippen molar-refractivity contribution in [3.05, 3.63) is 102 Å². The lowest BCUT2D eigenvalue weighted by Gasteiger charge is -2.30. The Morgan fingerprint density at radius 3 is 1.60 bits per heavy atom. The molecule has 134 heavy (non-hydrogen) atoms. The summed E-state index contributed by atoms with van der Waals surface area (Å²) in [5.74, 6) is -24.8. The number of hydrogen-bond donors (Lipinski definition) is 24. The van der Waals surface area contributed by atoms with Crippen LogP contribution in [-0.2, 0) is 115 Å². The van der Waals surface area contributed by atoms with Crippen molar-refractivity contribution < 1.29 is 111 Å². The molecule has 19 amide bonds. The van der Waals surface area contributed by atoms with Gasteiger partial charge in [0, 0.05) is 78.8 Å². The third kappa shape index (κ3) is 34.6. The number of amides is 19. The molecule has 3 aromatic carbocycles. The summed E-state index contributed by atoms with van der Waals surface area (Å²) in [6.45, 7) is 8.11. The number of para-hydroxylation sites is 1. The number of aromatic amines is 1. The fraction of sp³-hybridized carbons (Fsp3) is 0.529. The number of primary amides is 3. The molecule has 7 rings (SSSR count). The number of aromatic hydroxyl groups is 1. The van der Waals surface area contributed by atoms with Gasteiger partial charge in [-0.05, 0) is 126 Å². The number of carbonyl (C=O) groups excluding carboxylic acids is 19. The quantitative estimate of drug-likeness (QED) is 0.0206. The molecule has 0 radical (unpaired) electrons. The van der Waals surface area contributed by atoms with E-state index in [1.165, 1.54) is 51.2 Å². The molecule has 4 heterocycles. The number of aliphatic carboxylic acids is 1. The lowest BCUT2D eigenvalue weighted by Crippen LogP contribution is -2.62. The predicted molar refractivity (Wildman–Crippen MR) is 495 cm³/mol. The first-order chi connectivity index (χ1) is 63.5. The maximum Gasteiger partial charge on any atom is 0.303 e. The van der Waals surface area contributed by atoms with E-state index in [1.54, 1.807) is 68.4 Å². The van der Waals surface area contributed by atoms with Gasteiger partial charge in [0.05, 0.1) is 18.6 Å². The van der Waals surface area contributed by atoms with Crippen molar-refractivity contribution in [3.8, 4) is 5.75 Å². The number of carboxylic acids is 1. The number of unbranched alkanes of at least 4 members (excludes halogenated alkanes) is 1. The number of rotatable bonds is 26. The number of nitrogens with zero attached hydrogens (tertiary/aromatic N) is 1. The van der Waals surface area contributed by atoms with Crippen molar-refractivity contribution in [2.24, 2.45) is 34.6 Å². The van der Waals surface area contributed by atoms with E-state index < -0.39 is 295 Å². The average Bonchev–Trinajstić information content (AvgIpc) is 1.50. The molecule has 2 bridgehead atoms. The number of H-pyrrole nitrogens is 1. The van der Waals surface area contributed by atoms with E-state index in [4.69, 9.17) is 28.7 Å². The molecule has 18 atom stereocenters. The number of aliphatic hydroxyl groups is 1. The molecule has 3 fully saturated rings. The number of fused-ring (bicyclic) bond motifs is 13. The van der Waals surface area contributed by atoms with Gasteiger partial charge >= 0.3 is 5.97 Å². The van der Waals surface area contributed by atoms with Crippen LogP contribution in [0.2, 0.25) is 0 Å². The molecule has 3 aliphatic rings. The highest BCUT2D eigenvalue weighted by Crippen LogP contribution is 2.28. The molecule has 0 spiro atoms. The molecule has 3 saturated heterocycles. The van der Waals surface area contributed by atoms with Crippen LogP contribution in [0.25, 0.3) is 10.9 Å². The van der Waals surface area contributed by atoms with E-state index in [2.05, 4.69) is 84.7 Å². The SMILES string of the molecule is CC(C)C[C@H](NC(=O)[C@H](CCC(N)=O)NC(=O)[C@@H]1CSSC[C@@H]2NC(=O)[C@H](CC(N)=O)NC(=O)[C@@H](N)CSSC[C@H](NC(=O)[C@H](Cc3ccccc3)NC(=O)[C@H](C)NC(=O)[C@H]([C@@H](C)O)NC(=O)[C@H](CCC(=O)O)NC(=O)[C@@H]3CCCN3C(=O)[C@H](C)NC(=O)[C@H](CCCCN)NC2=O)C(=O)N[C@@H](C)C(=O)N[C@@H](Cc2ccc(O)cc2)C(=O)N[C@@H](Cc2c[nH]c3ccccc23)C(=O)N1)C(N)=O. The zero-order valence-corrected chi connectivity index (χ0v) is 77.9. The van der Waals surface area contributed by atoms with Gasteiger partial charge in [-0.15, -0.1) is 0 Å². The minimum absolute atomic E-state index is 0.00776. The summed E-state index contributed by atoms with van der Waals surface area (Å²) >= 11 is 0. The first kappa shape index (κ1) is 109.